The number of nitrogens with one attached hydrogen (secondary N) is 1. The standard InChI is InChI=1S/C20H14F3N3O2S/c1-12-17(18(27)24-14-7-9-15(10-8-14)28-20(21,22)23)29-19-25-16(11-26(12)19)13-5-3-2-4-6-13/h2-11H,1H3,(H,24,27). The van der Waals surface area contributed by atoms with Crippen LogP contribution in [0.4, 0.5) is 18.9 Å². The van der Waals surface area contributed by atoms with E-state index >= 15 is 0 Å². The molecule has 0 fully saturated rings. The number of carbonyl (C=O) groups excluding carboxylic acids is 1. The molecule has 0 saturated carbocycles. The van der Waals surface area contributed by atoms with Crippen LogP contribution in [0.2, 0.25) is 0 Å². The zero-order valence-electron chi connectivity index (χ0n) is 15.0. The fraction of sp³-hybridized carbons (Fsp3) is 0.100. The van der Waals surface area contributed by atoms with Gasteiger partial charge in [0.2, 0.25) is 0 Å². The van der Waals surface area contributed by atoms with Crippen molar-refractivity contribution in [2.75, 3.05) is 5.32 Å². The Labute approximate surface area is 167 Å². The second-order valence-electron chi connectivity index (χ2n) is 6.19. The SMILES string of the molecule is Cc1c(C(=O)Nc2ccc(OC(F)(F)F)cc2)sc2nc(-c3ccccc3)cn12. The number of nitrogens with zero attached hydrogens (tertiary/aromatic N) is 2. The number of alkyl halides is 3. The molecule has 2 aromatic heterocycles. The Balaban J connectivity index is 1.53. The van der Waals surface area contributed by atoms with Crippen LogP contribution in [-0.2, 0) is 0 Å². The maximum atomic E-state index is 12.6. The van der Waals surface area contributed by atoms with Gasteiger partial charge in [0.15, 0.2) is 4.96 Å². The lowest BCUT2D eigenvalue weighted by Crippen LogP contribution is -2.17. The van der Waals surface area contributed by atoms with E-state index in [1.807, 2.05) is 47.9 Å². The molecule has 1 amide bonds. The topological polar surface area (TPSA) is 55.6 Å². The van der Waals surface area contributed by atoms with Crippen molar-refractivity contribution < 1.29 is 22.7 Å². The first-order valence-electron chi connectivity index (χ1n) is 8.51. The number of rotatable bonds is 4. The average Bonchev–Trinajstić information content (AvgIpc) is 3.23. The Morgan fingerprint density at radius 2 is 1.79 bits per heavy atom. The molecule has 0 spiro atoms. The summed E-state index contributed by atoms with van der Waals surface area (Å²) in [5.41, 5.74) is 2.89. The third-order valence-corrected chi connectivity index (χ3v) is 5.33. The van der Waals surface area contributed by atoms with Gasteiger partial charge >= 0.3 is 6.36 Å². The van der Waals surface area contributed by atoms with E-state index in [9.17, 15) is 18.0 Å². The van der Waals surface area contributed by atoms with E-state index in [1.54, 1.807) is 0 Å². The number of ether oxygens (including phenoxy) is 1. The Kier molecular flexibility index (Phi) is 4.75. The van der Waals surface area contributed by atoms with Gasteiger partial charge in [0.25, 0.3) is 5.91 Å². The maximum Gasteiger partial charge on any atom is 0.573 e. The molecule has 0 aliphatic rings. The van der Waals surface area contributed by atoms with Gasteiger partial charge in [-0.1, -0.05) is 41.7 Å². The second-order valence-corrected chi connectivity index (χ2v) is 7.17. The van der Waals surface area contributed by atoms with Crippen molar-refractivity contribution in [2.45, 2.75) is 13.3 Å². The van der Waals surface area contributed by atoms with Crippen molar-refractivity contribution in [2.24, 2.45) is 0 Å². The molecule has 4 rings (SSSR count). The molecule has 1 N–H and O–H groups in total. The van der Waals surface area contributed by atoms with Gasteiger partial charge in [-0.05, 0) is 31.2 Å². The van der Waals surface area contributed by atoms with Crippen molar-refractivity contribution in [3.8, 4) is 17.0 Å². The van der Waals surface area contributed by atoms with Crippen molar-refractivity contribution in [3.63, 3.8) is 0 Å². The maximum absolute atomic E-state index is 12.6. The van der Waals surface area contributed by atoms with E-state index in [0.29, 0.717) is 15.5 Å². The number of amides is 1. The molecule has 0 aliphatic carbocycles. The van der Waals surface area contributed by atoms with Gasteiger partial charge in [0.05, 0.1) is 5.69 Å². The summed E-state index contributed by atoms with van der Waals surface area (Å²) in [6, 6.07) is 14.7. The highest BCUT2D eigenvalue weighted by Gasteiger charge is 2.31. The van der Waals surface area contributed by atoms with E-state index in [0.717, 1.165) is 29.1 Å². The smallest absolute Gasteiger partial charge is 0.406 e. The highest BCUT2D eigenvalue weighted by atomic mass is 32.1. The van der Waals surface area contributed by atoms with Gasteiger partial charge in [-0.2, -0.15) is 0 Å². The van der Waals surface area contributed by atoms with Crippen LogP contribution in [-0.4, -0.2) is 21.7 Å². The normalized spacial score (nSPS) is 11.6. The first kappa shape index (κ1) is 19.0. The number of benzene rings is 2. The minimum Gasteiger partial charge on any atom is -0.406 e. The Hall–Kier alpha value is -3.33. The molecule has 0 bridgehead atoms. The summed E-state index contributed by atoms with van der Waals surface area (Å²) in [4.78, 5) is 18.4. The lowest BCUT2D eigenvalue weighted by molar-refractivity contribution is -0.274. The molecule has 2 aromatic carbocycles. The number of imidazole rings is 1. The van der Waals surface area contributed by atoms with Crippen LogP contribution >= 0.6 is 11.3 Å². The van der Waals surface area contributed by atoms with Crippen LogP contribution in [0, 0.1) is 6.92 Å². The Morgan fingerprint density at radius 1 is 1.10 bits per heavy atom. The average molecular weight is 417 g/mol. The van der Waals surface area contributed by atoms with Gasteiger partial charge in [-0.15, -0.1) is 13.2 Å². The third kappa shape index (κ3) is 4.09. The number of thiazole rings is 1. The molecule has 0 aliphatic heterocycles. The molecular weight excluding hydrogens is 403 g/mol. The summed E-state index contributed by atoms with van der Waals surface area (Å²) < 4.78 is 42.3. The van der Waals surface area contributed by atoms with Crippen LogP contribution in [0.5, 0.6) is 5.75 Å². The minimum absolute atomic E-state index is 0.352. The van der Waals surface area contributed by atoms with Crippen LogP contribution < -0.4 is 10.1 Å². The van der Waals surface area contributed by atoms with Crippen molar-refractivity contribution in [1.82, 2.24) is 9.38 Å². The van der Waals surface area contributed by atoms with Gasteiger partial charge in [0.1, 0.15) is 10.6 Å². The molecule has 4 aromatic rings. The zero-order chi connectivity index (χ0) is 20.6. The minimum atomic E-state index is -4.76. The number of halogens is 3. The number of aromatic nitrogens is 2. The molecule has 0 unspecified atom stereocenters. The van der Waals surface area contributed by atoms with Crippen LogP contribution in [0.3, 0.4) is 0 Å². The molecule has 29 heavy (non-hydrogen) atoms. The van der Waals surface area contributed by atoms with E-state index in [-0.39, 0.29) is 11.7 Å². The molecule has 9 heteroatoms. The summed E-state index contributed by atoms with van der Waals surface area (Å²) in [6.07, 6.45) is -2.89. The largest absolute Gasteiger partial charge is 0.573 e. The molecule has 0 atom stereocenters. The number of fused-ring (bicyclic) bond motifs is 1. The van der Waals surface area contributed by atoms with Gasteiger partial charge < -0.3 is 10.1 Å². The molecule has 5 nitrogen and oxygen atoms in total. The predicted octanol–water partition coefficient (Wildman–Crippen LogP) is 5.52. The molecule has 0 saturated heterocycles. The highest BCUT2D eigenvalue weighted by Crippen LogP contribution is 2.28. The van der Waals surface area contributed by atoms with E-state index in [4.69, 9.17) is 0 Å². The Bertz CT molecular complexity index is 1170. The number of aryl methyl sites for hydroxylation is 1. The van der Waals surface area contributed by atoms with Crippen LogP contribution in [0.25, 0.3) is 16.2 Å². The molecule has 148 valence electrons. The second kappa shape index (κ2) is 7.25. The monoisotopic (exact) mass is 417 g/mol. The van der Waals surface area contributed by atoms with Crippen LogP contribution in [0.1, 0.15) is 15.4 Å². The van der Waals surface area contributed by atoms with Crippen molar-refractivity contribution in [1.29, 1.82) is 0 Å². The number of hydrogen-bond acceptors (Lipinski definition) is 4. The highest BCUT2D eigenvalue weighted by molar-refractivity contribution is 7.19. The number of carbonyl (C=O) groups is 1. The van der Waals surface area contributed by atoms with Gasteiger partial charge in [0, 0.05) is 23.1 Å². The zero-order valence-corrected chi connectivity index (χ0v) is 15.8. The summed E-state index contributed by atoms with van der Waals surface area (Å²) in [5.74, 6) is -0.710. The van der Waals surface area contributed by atoms with E-state index in [1.165, 1.54) is 23.5 Å². The fourth-order valence-electron chi connectivity index (χ4n) is 2.84. The summed E-state index contributed by atoms with van der Waals surface area (Å²) in [7, 11) is 0. The van der Waals surface area contributed by atoms with Gasteiger partial charge in [-0.25, -0.2) is 4.98 Å². The number of hydrogen-bond donors (Lipinski definition) is 1. The molecule has 2 heterocycles. The van der Waals surface area contributed by atoms with E-state index < -0.39 is 6.36 Å². The number of anilines is 1. The van der Waals surface area contributed by atoms with E-state index in [2.05, 4.69) is 15.0 Å². The first-order valence-corrected chi connectivity index (χ1v) is 9.33. The lowest BCUT2D eigenvalue weighted by Gasteiger charge is -2.09. The van der Waals surface area contributed by atoms with Crippen molar-refractivity contribution >= 4 is 27.9 Å². The lowest BCUT2D eigenvalue weighted by atomic mass is 10.2. The predicted molar refractivity (Wildman–Crippen MR) is 104 cm³/mol. The van der Waals surface area contributed by atoms with Crippen LogP contribution in [0.15, 0.2) is 60.8 Å². The van der Waals surface area contributed by atoms with Gasteiger partial charge in [-0.3, -0.25) is 9.20 Å². The first-order chi connectivity index (χ1) is 13.8. The third-order valence-electron chi connectivity index (χ3n) is 4.18. The van der Waals surface area contributed by atoms with Crippen molar-refractivity contribution in [3.05, 3.63) is 71.4 Å². The quantitative estimate of drug-likeness (QED) is 0.476. The molecular formula is C20H14F3N3O2S. The molecule has 0 radical (unpaired) electrons. The Morgan fingerprint density at radius 3 is 2.41 bits per heavy atom. The summed E-state index contributed by atoms with van der Waals surface area (Å²) in [6.45, 7) is 1.81. The summed E-state index contributed by atoms with van der Waals surface area (Å²) in [5, 5.41) is 2.68. The summed E-state index contributed by atoms with van der Waals surface area (Å²) >= 11 is 1.24. The fourth-order valence-corrected chi connectivity index (χ4v) is 3.84.